The minimum atomic E-state index is -3.74. The Morgan fingerprint density at radius 3 is 2.48 bits per heavy atom. The molecule has 3 aromatic rings. The lowest BCUT2D eigenvalue weighted by Gasteiger charge is -2.16. The van der Waals surface area contributed by atoms with Gasteiger partial charge in [-0.1, -0.05) is 12.1 Å². The number of nitrogens with one attached hydrogen (secondary N) is 1. The van der Waals surface area contributed by atoms with E-state index in [9.17, 15) is 22.8 Å². The summed E-state index contributed by atoms with van der Waals surface area (Å²) in [6.45, 7) is 0. The van der Waals surface area contributed by atoms with Crippen molar-refractivity contribution in [2.24, 2.45) is 0 Å². The Labute approximate surface area is 184 Å². The van der Waals surface area contributed by atoms with Crippen LogP contribution in [0, 0.1) is 5.82 Å². The Hall–Kier alpha value is -4.08. The molecule has 168 valence electrons. The summed E-state index contributed by atoms with van der Waals surface area (Å²) < 4.78 is 49.2. The molecule has 1 fully saturated rings. The Morgan fingerprint density at radius 1 is 1.00 bits per heavy atom. The summed E-state index contributed by atoms with van der Waals surface area (Å²) in [5.41, 5.74) is -0.191. The molecule has 0 radical (unpaired) electrons. The van der Waals surface area contributed by atoms with Crippen LogP contribution >= 0.6 is 0 Å². The number of fused-ring (bicyclic) bond motifs is 1. The first-order valence-electron chi connectivity index (χ1n) is 9.89. The van der Waals surface area contributed by atoms with Crippen LogP contribution in [0.5, 0.6) is 11.5 Å². The number of hydrogen-bond acceptors (Lipinski definition) is 5. The highest BCUT2D eigenvalue weighted by Gasteiger charge is 2.53. The van der Waals surface area contributed by atoms with Crippen molar-refractivity contribution >= 4 is 17.7 Å². The van der Waals surface area contributed by atoms with E-state index < -0.39 is 29.1 Å². The molecule has 0 saturated heterocycles. The van der Waals surface area contributed by atoms with Crippen molar-refractivity contribution in [2.75, 3.05) is 5.32 Å². The fraction of sp³-hybridized carbons (Fsp3) is 0.174. The van der Waals surface area contributed by atoms with Crippen LogP contribution in [-0.2, 0) is 10.2 Å². The predicted molar refractivity (Wildman–Crippen MR) is 109 cm³/mol. The predicted octanol–water partition coefficient (Wildman–Crippen LogP) is 4.58. The molecule has 1 saturated carbocycles. The Morgan fingerprint density at radius 2 is 1.76 bits per heavy atom. The van der Waals surface area contributed by atoms with Crippen molar-refractivity contribution in [3.63, 3.8) is 0 Å². The van der Waals surface area contributed by atoms with Gasteiger partial charge in [-0.15, -0.1) is 8.78 Å². The maximum atomic E-state index is 13.7. The zero-order valence-electron chi connectivity index (χ0n) is 16.8. The van der Waals surface area contributed by atoms with Crippen LogP contribution in [0.25, 0.3) is 11.3 Å². The Balaban J connectivity index is 1.38. The third-order valence-corrected chi connectivity index (χ3v) is 5.62. The van der Waals surface area contributed by atoms with Crippen LogP contribution in [0.3, 0.4) is 0 Å². The Bertz CT molecular complexity index is 1310. The fourth-order valence-corrected chi connectivity index (χ4v) is 3.77. The second-order valence-electron chi connectivity index (χ2n) is 7.77. The van der Waals surface area contributed by atoms with Crippen LogP contribution in [0.2, 0.25) is 0 Å². The minimum absolute atomic E-state index is 0.102. The second-order valence-corrected chi connectivity index (χ2v) is 7.77. The maximum absolute atomic E-state index is 13.7. The van der Waals surface area contributed by atoms with Crippen molar-refractivity contribution in [3.05, 3.63) is 71.5 Å². The highest BCUT2D eigenvalue weighted by molar-refractivity contribution is 6.01. The number of pyridine rings is 1. The van der Waals surface area contributed by atoms with Gasteiger partial charge in [-0.05, 0) is 60.9 Å². The van der Waals surface area contributed by atoms with Crippen molar-refractivity contribution < 1.29 is 37.3 Å². The molecule has 1 aliphatic carbocycles. The number of ether oxygens (including phenoxy) is 2. The van der Waals surface area contributed by atoms with E-state index in [1.807, 2.05) is 0 Å². The third-order valence-electron chi connectivity index (χ3n) is 5.62. The minimum Gasteiger partial charge on any atom is -0.478 e. The lowest BCUT2D eigenvalue weighted by molar-refractivity contribution is -0.286. The molecule has 1 amide bonds. The molecule has 1 aliphatic heterocycles. The first kappa shape index (κ1) is 20.8. The lowest BCUT2D eigenvalue weighted by Crippen LogP contribution is -2.28. The molecule has 0 unspecified atom stereocenters. The van der Waals surface area contributed by atoms with Gasteiger partial charge in [-0.25, -0.2) is 14.2 Å². The zero-order valence-corrected chi connectivity index (χ0v) is 16.8. The van der Waals surface area contributed by atoms with Gasteiger partial charge in [0, 0.05) is 5.56 Å². The van der Waals surface area contributed by atoms with Crippen molar-refractivity contribution in [1.29, 1.82) is 0 Å². The number of aromatic carboxylic acids is 1. The zero-order chi connectivity index (χ0) is 23.4. The summed E-state index contributed by atoms with van der Waals surface area (Å²) in [5, 5.41) is 11.9. The molecule has 1 aromatic heterocycles. The smallest absolute Gasteiger partial charge is 0.478 e. The molecule has 5 rings (SSSR count). The number of halogens is 3. The average Bonchev–Trinajstić information content (AvgIpc) is 3.51. The lowest BCUT2D eigenvalue weighted by atomic mass is 9.94. The summed E-state index contributed by atoms with van der Waals surface area (Å²) >= 11 is 0. The van der Waals surface area contributed by atoms with Crippen LogP contribution in [0.4, 0.5) is 19.0 Å². The van der Waals surface area contributed by atoms with Crippen LogP contribution in [-0.4, -0.2) is 28.3 Å². The van der Waals surface area contributed by atoms with E-state index in [-0.39, 0.29) is 23.2 Å². The van der Waals surface area contributed by atoms with E-state index in [1.54, 1.807) is 24.3 Å². The van der Waals surface area contributed by atoms with Crippen LogP contribution in [0.15, 0.2) is 54.6 Å². The summed E-state index contributed by atoms with van der Waals surface area (Å²) in [5.74, 6) is -2.68. The molecular formula is C23H15F3N2O5. The molecule has 33 heavy (non-hydrogen) atoms. The molecule has 2 N–H and O–H groups in total. The van der Waals surface area contributed by atoms with E-state index >= 15 is 0 Å². The molecule has 2 aliphatic rings. The molecule has 2 heterocycles. The molecule has 0 atom stereocenters. The van der Waals surface area contributed by atoms with E-state index in [2.05, 4.69) is 19.8 Å². The first-order valence-corrected chi connectivity index (χ1v) is 9.89. The average molecular weight is 456 g/mol. The van der Waals surface area contributed by atoms with Crippen LogP contribution in [0.1, 0.15) is 28.8 Å². The van der Waals surface area contributed by atoms with Gasteiger partial charge in [0.05, 0.1) is 16.7 Å². The van der Waals surface area contributed by atoms with Gasteiger partial charge < -0.3 is 19.9 Å². The summed E-state index contributed by atoms with van der Waals surface area (Å²) in [4.78, 5) is 28.6. The highest BCUT2D eigenvalue weighted by Crippen LogP contribution is 2.52. The monoisotopic (exact) mass is 456 g/mol. The maximum Gasteiger partial charge on any atom is 0.586 e. The highest BCUT2D eigenvalue weighted by atomic mass is 19.3. The van der Waals surface area contributed by atoms with E-state index in [0.29, 0.717) is 29.7 Å². The van der Waals surface area contributed by atoms with E-state index in [4.69, 9.17) is 5.11 Å². The number of hydrogen-bond donors (Lipinski definition) is 2. The number of alkyl halides is 2. The van der Waals surface area contributed by atoms with Gasteiger partial charge in [0.1, 0.15) is 11.6 Å². The number of carboxylic acid groups (broad SMARTS) is 1. The van der Waals surface area contributed by atoms with Gasteiger partial charge in [0.25, 0.3) is 0 Å². The number of carboxylic acids is 1. The van der Waals surface area contributed by atoms with Gasteiger partial charge >= 0.3 is 12.3 Å². The van der Waals surface area contributed by atoms with Crippen molar-refractivity contribution in [2.45, 2.75) is 24.6 Å². The van der Waals surface area contributed by atoms with E-state index in [0.717, 1.165) is 12.1 Å². The number of anilines is 1. The van der Waals surface area contributed by atoms with Gasteiger partial charge in [-0.3, -0.25) is 4.79 Å². The summed E-state index contributed by atoms with van der Waals surface area (Å²) in [7, 11) is 0. The van der Waals surface area contributed by atoms with Gasteiger partial charge in [-0.2, -0.15) is 0 Å². The number of benzene rings is 2. The molecule has 0 spiro atoms. The molecule has 10 heteroatoms. The van der Waals surface area contributed by atoms with Crippen molar-refractivity contribution in [3.8, 4) is 22.8 Å². The molecule has 7 nitrogen and oxygen atoms in total. The standard InChI is InChI=1S/C23H15F3N2O5/c24-15-6-4-12(10-14(15)20(29)30)16-2-1-3-19(27-16)28-21(31)22(8-9-22)13-5-7-17-18(11-13)33-23(25,26)32-17/h1-7,10-11H,8-9H2,(H,29,30)(H,27,28,31). The van der Waals surface area contributed by atoms with E-state index in [1.165, 1.54) is 18.2 Å². The Kier molecular flexibility index (Phi) is 4.55. The molecular weight excluding hydrogens is 441 g/mol. The number of aromatic nitrogens is 1. The summed E-state index contributed by atoms with van der Waals surface area (Å²) in [6.07, 6.45) is -2.73. The largest absolute Gasteiger partial charge is 0.586 e. The topological polar surface area (TPSA) is 97.8 Å². The number of carbonyl (C=O) groups is 2. The number of nitrogens with zero attached hydrogens (tertiary/aromatic N) is 1. The third kappa shape index (κ3) is 3.73. The fourth-order valence-electron chi connectivity index (χ4n) is 3.77. The SMILES string of the molecule is O=C(O)c1cc(-c2cccc(NC(=O)C3(c4ccc5c(c4)OC(F)(F)O5)CC3)n2)ccc1F. The quantitative estimate of drug-likeness (QED) is 0.584. The number of amides is 1. The van der Waals surface area contributed by atoms with Gasteiger partial charge in [0.15, 0.2) is 11.5 Å². The first-order chi connectivity index (χ1) is 15.7. The second kappa shape index (κ2) is 7.22. The number of carbonyl (C=O) groups excluding carboxylic acids is 1. The number of rotatable bonds is 5. The van der Waals surface area contributed by atoms with Crippen molar-refractivity contribution in [1.82, 2.24) is 4.98 Å². The molecule has 2 aromatic carbocycles. The normalized spacial score (nSPS) is 16.8. The van der Waals surface area contributed by atoms with Gasteiger partial charge in [0.2, 0.25) is 5.91 Å². The molecule has 0 bridgehead atoms. The summed E-state index contributed by atoms with van der Waals surface area (Å²) in [6, 6.07) is 12.6. The van der Waals surface area contributed by atoms with Crippen LogP contribution < -0.4 is 14.8 Å².